The third-order valence-electron chi connectivity index (χ3n) is 10.5. The lowest BCUT2D eigenvalue weighted by Crippen LogP contribution is -2.55. The maximum absolute atomic E-state index is 12.0. The first-order valence-corrected chi connectivity index (χ1v) is 18.1. The van der Waals surface area contributed by atoms with Crippen molar-refractivity contribution >= 4 is 58.0 Å². The molecule has 4 fully saturated rings. The van der Waals surface area contributed by atoms with Crippen LogP contribution in [0.4, 0.5) is 0 Å². The van der Waals surface area contributed by atoms with Crippen LogP contribution in [0.15, 0.2) is 0 Å². The van der Waals surface area contributed by atoms with E-state index in [4.69, 9.17) is 55.9 Å². The van der Waals surface area contributed by atoms with Crippen LogP contribution in [0.2, 0.25) is 0 Å². The van der Waals surface area contributed by atoms with Crippen LogP contribution in [0.3, 0.4) is 0 Å². The van der Waals surface area contributed by atoms with E-state index in [0.717, 1.165) is 64.6 Å². The molecule has 238 valence electrons. The van der Waals surface area contributed by atoms with E-state index in [1.807, 2.05) is 6.92 Å². The van der Waals surface area contributed by atoms with Crippen molar-refractivity contribution in [3.05, 3.63) is 0 Å². The standard InChI is InChI=1S/C17H28Cl2O2.C16H26Cl2O2/c1-3-13(21-4-2)8-6-5-7-12-9-10-15-14(12)11-16(20)17(15,18)19;1-3-12(20-4-2)8-6-5-7-11-9-10-13-14(11)15(19)16(13,17)18/h12-15H,3-11H2,1-2H3;11-14H,3-10H2,1-2H3. The van der Waals surface area contributed by atoms with Crippen molar-refractivity contribution in [2.75, 3.05) is 13.2 Å². The zero-order chi connectivity index (χ0) is 30.2. The quantitative estimate of drug-likeness (QED) is 0.123. The fraction of sp³-hybridized carbons (Fsp3) is 0.939. The molecule has 0 radical (unpaired) electrons. The van der Waals surface area contributed by atoms with E-state index in [-0.39, 0.29) is 29.3 Å². The van der Waals surface area contributed by atoms with Gasteiger partial charge in [0.25, 0.3) is 0 Å². The lowest BCUT2D eigenvalue weighted by molar-refractivity contribution is -0.135. The second-order valence-electron chi connectivity index (χ2n) is 12.9. The Morgan fingerprint density at radius 1 is 0.707 bits per heavy atom. The number of Topliss-reactive ketones (excluding diaryl/α,β-unsaturated/α-hetero) is 2. The predicted octanol–water partition coefficient (Wildman–Crippen LogP) is 9.91. The van der Waals surface area contributed by atoms with Crippen molar-refractivity contribution < 1.29 is 19.1 Å². The summed E-state index contributed by atoms with van der Waals surface area (Å²) in [6, 6.07) is 0. The molecule has 8 heteroatoms. The highest BCUT2D eigenvalue weighted by molar-refractivity contribution is 6.61. The minimum Gasteiger partial charge on any atom is -0.379 e. The molecule has 4 saturated carbocycles. The van der Waals surface area contributed by atoms with E-state index in [1.54, 1.807) is 0 Å². The normalized spacial score (nSPS) is 32.6. The summed E-state index contributed by atoms with van der Waals surface area (Å²) in [6.07, 6.45) is 17.4. The Hall–Kier alpha value is 0.420. The number of carbonyl (C=O) groups is 2. The molecule has 8 atom stereocenters. The maximum atomic E-state index is 12.0. The van der Waals surface area contributed by atoms with Gasteiger partial charge in [0.15, 0.2) is 20.2 Å². The Morgan fingerprint density at radius 2 is 1.22 bits per heavy atom. The highest BCUT2D eigenvalue weighted by atomic mass is 35.5. The van der Waals surface area contributed by atoms with Gasteiger partial charge in [0, 0.05) is 37.4 Å². The van der Waals surface area contributed by atoms with Crippen LogP contribution >= 0.6 is 46.4 Å². The topological polar surface area (TPSA) is 52.6 Å². The third kappa shape index (κ3) is 8.78. The summed E-state index contributed by atoms with van der Waals surface area (Å²) in [5.41, 5.74) is 0. The average Bonchev–Trinajstić information content (AvgIpc) is 3.61. The minimum absolute atomic E-state index is 0.0490. The fourth-order valence-electron chi connectivity index (χ4n) is 8.18. The molecule has 4 aliphatic rings. The van der Waals surface area contributed by atoms with Gasteiger partial charge in [-0.3, -0.25) is 9.59 Å². The number of hydrogen-bond acceptors (Lipinski definition) is 4. The summed E-state index contributed by atoms with van der Waals surface area (Å²) in [5.74, 6) is 2.29. The number of alkyl halides is 4. The molecule has 0 aliphatic heterocycles. The lowest BCUT2D eigenvalue weighted by Gasteiger charge is -2.43. The van der Waals surface area contributed by atoms with E-state index in [9.17, 15) is 9.59 Å². The molecular weight excluding hydrogens is 602 g/mol. The van der Waals surface area contributed by atoms with Gasteiger partial charge in [0.2, 0.25) is 0 Å². The van der Waals surface area contributed by atoms with Crippen LogP contribution in [-0.2, 0) is 19.1 Å². The summed E-state index contributed by atoms with van der Waals surface area (Å²) >= 11 is 24.6. The van der Waals surface area contributed by atoms with Gasteiger partial charge in [-0.05, 0) is 89.4 Å². The van der Waals surface area contributed by atoms with Crippen LogP contribution in [-0.4, -0.2) is 45.7 Å². The van der Waals surface area contributed by atoms with Gasteiger partial charge in [0.1, 0.15) is 0 Å². The smallest absolute Gasteiger partial charge is 0.179 e. The molecule has 0 N–H and O–H groups in total. The molecule has 4 nitrogen and oxygen atoms in total. The highest BCUT2D eigenvalue weighted by Gasteiger charge is 2.64. The first kappa shape index (κ1) is 35.9. The van der Waals surface area contributed by atoms with Gasteiger partial charge >= 0.3 is 0 Å². The van der Waals surface area contributed by atoms with Crippen molar-refractivity contribution in [3.8, 4) is 0 Å². The number of unbranched alkanes of at least 4 members (excludes halogenated alkanes) is 2. The molecule has 0 aromatic heterocycles. The highest BCUT2D eigenvalue weighted by Crippen LogP contribution is 2.60. The molecule has 0 heterocycles. The Morgan fingerprint density at radius 3 is 1.76 bits per heavy atom. The molecule has 4 rings (SSSR count). The van der Waals surface area contributed by atoms with Crippen LogP contribution in [0, 0.1) is 35.5 Å². The number of halogens is 4. The minimum atomic E-state index is -1.10. The summed E-state index contributed by atoms with van der Waals surface area (Å²) in [4.78, 5) is 23.9. The van der Waals surface area contributed by atoms with E-state index < -0.39 is 8.67 Å². The Balaban J connectivity index is 0.000000226. The number of rotatable bonds is 16. The number of ether oxygens (including phenoxy) is 2. The summed E-state index contributed by atoms with van der Waals surface area (Å²) in [7, 11) is 0. The van der Waals surface area contributed by atoms with Crippen molar-refractivity contribution in [1.29, 1.82) is 0 Å². The average molecular weight is 657 g/mol. The first-order chi connectivity index (χ1) is 19.5. The number of hydrogen-bond donors (Lipinski definition) is 0. The largest absolute Gasteiger partial charge is 0.379 e. The molecule has 0 aromatic carbocycles. The van der Waals surface area contributed by atoms with Gasteiger partial charge < -0.3 is 9.47 Å². The predicted molar refractivity (Wildman–Crippen MR) is 171 cm³/mol. The van der Waals surface area contributed by atoms with Crippen LogP contribution in [0.5, 0.6) is 0 Å². The van der Waals surface area contributed by atoms with Gasteiger partial charge in [-0.15, -0.1) is 0 Å². The second-order valence-corrected chi connectivity index (χ2v) is 15.6. The zero-order valence-electron chi connectivity index (χ0n) is 25.8. The third-order valence-corrected chi connectivity index (χ3v) is 12.4. The molecule has 8 unspecified atom stereocenters. The van der Waals surface area contributed by atoms with Crippen LogP contribution in [0.25, 0.3) is 0 Å². The number of carbonyl (C=O) groups excluding carboxylic acids is 2. The summed E-state index contributed by atoms with van der Waals surface area (Å²) in [5, 5.41) is 0. The van der Waals surface area contributed by atoms with Gasteiger partial charge in [-0.1, -0.05) is 92.4 Å². The van der Waals surface area contributed by atoms with Gasteiger partial charge in [0.05, 0.1) is 12.2 Å². The van der Waals surface area contributed by atoms with Crippen molar-refractivity contribution in [2.45, 2.75) is 145 Å². The van der Waals surface area contributed by atoms with Gasteiger partial charge in [-0.2, -0.15) is 0 Å². The second kappa shape index (κ2) is 16.6. The lowest BCUT2D eigenvalue weighted by atomic mass is 9.69. The fourth-order valence-corrected chi connectivity index (χ4v) is 9.62. The molecule has 0 bridgehead atoms. The molecule has 41 heavy (non-hydrogen) atoms. The molecule has 0 aromatic rings. The van der Waals surface area contributed by atoms with E-state index in [2.05, 4.69) is 20.8 Å². The molecule has 4 aliphatic carbocycles. The number of ketones is 2. The Kier molecular flexibility index (Phi) is 14.6. The molecular formula is C33H54Cl4O4. The van der Waals surface area contributed by atoms with Gasteiger partial charge in [-0.25, -0.2) is 0 Å². The molecule has 0 saturated heterocycles. The monoisotopic (exact) mass is 654 g/mol. The first-order valence-electron chi connectivity index (χ1n) is 16.6. The Bertz CT molecular complexity index is 834. The zero-order valence-corrected chi connectivity index (χ0v) is 28.8. The summed E-state index contributed by atoms with van der Waals surface area (Å²) < 4.78 is 9.20. The van der Waals surface area contributed by atoms with Crippen LogP contribution < -0.4 is 0 Å². The summed E-state index contributed by atoms with van der Waals surface area (Å²) in [6.45, 7) is 10.1. The SMILES string of the molecule is CCOC(CC)CCCCC1CCC2C1C(=O)C2(Cl)Cl.CCOC(CC)CCCCC1CCC2C1CC(=O)C2(Cl)Cl. The van der Waals surface area contributed by atoms with E-state index in [0.29, 0.717) is 36.4 Å². The van der Waals surface area contributed by atoms with E-state index in [1.165, 1.54) is 38.5 Å². The maximum Gasteiger partial charge on any atom is 0.179 e. The van der Waals surface area contributed by atoms with Crippen molar-refractivity contribution in [1.82, 2.24) is 0 Å². The van der Waals surface area contributed by atoms with Crippen LogP contribution in [0.1, 0.15) is 124 Å². The van der Waals surface area contributed by atoms with Crippen molar-refractivity contribution in [2.24, 2.45) is 35.5 Å². The molecule has 0 amide bonds. The van der Waals surface area contributed by atoms with Crippen molar-refractivity contribution in [3.63, 3.8) is 0 Å². The number of fused-ring (bicyclic) bond motifs is 2. The van der Waals surface area contributed by atoms with E-state index >= 15 is 0 Å². The molecule has 0 spiro atoms. The Labute approximate surface area is 269 Å².